The number of carbonyl (C=O) groups is 2. The summed E-state index contributed by atoms with van der Waals surface area (Å²) in [6.45, 7) is 6.40. The van der Waals surface area contributed by atoms with Gasteiger partial charge in [-0.1, -0.05) is 43.1 Å². The van der Waals surface area contributed by atoms with Gasteiger partial charge in [-0.15, -0.1) is 10.2 Å². The number of pyridine rings is 1. The molecule has 7 atom stereocenters. The number of allylic oxidation sites excluding steroid dienone is 2. The molecule has 2 aliphatic carbocycles. The summed E-state index contributed by atoms with van der Waals surface area (Å²) in [5.74, 6) is -1.65. The minimum absolute atomic E-state index is 0.0577. The van der Waals surface area contributed by atoms with Crippen molar-refractivity contribution in [3.05, 3.63) is 63.8 Å². The number of ether oxygens (including phenoxy) is 1. The molecule has 2 aromatic heterocycles. The van der Waals surface area contributed by atoms with Crippen LogP contribution in [-0.4, -0.2) is 57.3 Å². The Kier molecular flexibility index (Phi) is 7.62. The van der Waals surface area contributed by atoms with E-state index in [1.807, 2.05) is 12.2 Å². The first-order valence-corrected chi connectivity index (χ1v) is 16.4. The highest BCUT2D eigenvalue weighted by molar-refractivity contribution is 6.31. The fourth-order valence-corrected chi connectivity index (χ4v) is 8.97. The van der Waals surface area contributed by atoms with Crippen LogP contribution in [0.25, 0.3) is 0 Å². The first-order chi connectivity index (χ1) is 21.4. The number of hydrogen-bond donors (Lipinski definition) is 3. The van der Waals surface area contributed by atoms with Crippen LogP contribution in [0, 0.1) is 29.5 Å². The second-order valence-electron chi connectivity index (χ2n) is 13.9. The molecule has 2 amide bonds. The number of amides is 2. The molecular formula is C32H37Cl2FN6O4. The SMILES string of the molecule is Cc1nnc([C@@H]2CC[C@@H](NC(=O)[C@@H]3NC4(CCC(C)(C)CC4)[C@@]4(C(=O)NC5C=C(Cl)C=CC54)[C@H]3c3ccnc(Cl)c3F)CO2)o1. The van der Waals surface area contributed by atoms with Crippen molar-refractivity contribution < 1.29 is 23.1 Å². The van der Waals surface area contributed by atoms with Crippen LogP contribution in [0.15, 0.2) is 39.9 Å². The third-order valence-corrected chi connectivity index (χ3v) is 11.3. The molecular weight excluding hydrogens is 622 g/mol. The Morgan fingerprint density at radius 3 is 2.62 bits per heavy atom. The fourth-order valence-electron chi connectivity index (χ4n) is 8.60. The van der Waals surface area contributed by atoms with Crippen LogP contribution in [0.3, 0.4) is 0 Å². The Bertz CT molecular complexity index is 1580. The van der Waals surface area contributed by atoms with E-state index in [9.17, 15) is 9.59 Å². The number of hydrogen-bond acceptors (Lipinski definition) is 8. The summed E-state index contributed by atoms with van der Waals surface area (Å²) in [5, 5.41) is 18.2. The minimum atomic E-state index is -1.21. The molecule has 5 heterocycles. The van der Waals surface area contributed by atoms with Gasteiger partial charge in [-0.2, -0.15) is 0 Å². The molecule has 0 bridgehead atoms. The number of carbonyl (C=O) groups excluding carboxylic acids is 2. The molecule has 13 heteroatoms. The first-order valence-electron chi connectivity index (χ1n) is 15.6. The smallest absolute Gasteiger partial charge is 0.245 e. The van der Waals surface area contributed by atoms with Crippen LogP contribution in [0.5, 0.6) is 0 Å². The molecule has 2 spiro atoms. The van der Waals surface area contributed by atoms with Gasteiger partial charge in [-0.05, 0) is 67.7 Å². The van der Waals surface area contributed by atoms with Crippen LogP contribution in [-0.2, 0) is 14.3 Å². The van der Waals surface area contributed by atoms with Crippen molar-refractivity contribution >= 4 is 35.0 Å². The number of nitrogens with one attached hydrogen (secondary N) is 3. The van der Waals surface area contributed by atoms with Crippen molar-refractivity contribution in [1.82, 2.24) is 31.1 Å². The Hall–Kier alpha value is -2.86. The maximum absolute atomic E-state index is 16.1. The molecule has 10 nitrogen and oxygen atoms in total. The fraction of sp³-hybridized carbons (Fsp3) is 0.594. The van der Waals surface area contributed by atoms with E-state index in [4.69, 9.17) is 32.4 Å². The second kappa shape index (κ2) is 11.1. The molecule has 3 aliphatic heterocycles. The summed E-state index contributed by atoms with van der Waals surface area (Å²) < 4.78 is 27.7. The van der Waals surface area contributed by atoms with E-state index in [0.717, 1.165) is 12.8 Å². The van der Waals surface area contributed by atoms with E-state index in [1.54, 1.807) is 19.1 Å². The minimum Gasteiger partial charge on any atom is -0.423 e. The predicted octanol–water partition coefficient (Wildman–Crippen LogP) is 4.79. The lowest BCUT2D eigenvalue weighted by Gasteiger charge is -2.52. The zero-order chi connectivity index (χ0) is 31.7. The number of rotatable bonds is 4. The lowest BCUT2D eigenvalue weighted by atomic mass is 9.51. The van der Waals surface area contributed by atoms with Crippen molar-refractivity contribution in [2.75, 3.05) is 6.61 Å². The van der Waals surface area contributed by atoms with E-state index >= 15 is 4.39 Å². The van der Waals surface area contributed by atoms with Crippen LogP contribution in [0.2, 0.25) is 5.15 Å². The van der Waals surface area contributed by atoms with Crippen LogP contribution < -0.4 is 16.0 Å². The van der Waals surface area contributed by atoms with Gasteiger partial charge < -0.3 is 19.8 Å². The third-order valence-electron chi connectivity index (χ3n) is 10.8. The summed E-state index contributed by atoms with van der Waals surface area (Å²) in [6, 6.07) is -0.0803. The molecule has 0 aromatic carbocycles. The molecule has 5 aliphatic rings. The Labute approximate surface area is 270 Å². The van der Waals surface area contributed by atoms with Crippen molar-refractivity contribution in [2.24, 2.45) is 16.7 Å². The quantitative estimate of drug-likeness (QED) is 0.400. The Morgan fingerprint density at radius 1 is 1.16 bits per heavy atom. The zero-order valence-electron chi connectivity index (χ0n) is 25.4. The topological polar surface area (TPSA) is 131 Å². The lowest BCUT2D eigenvalue weighted by molar-refractivity contribution is -0.134. The highest BCUT2D eigenvalue weighted by Crippen LogP contribution is 2.66. The molecule has 2 aromatic rings. The maximum Gasteiger partial charge on any atom is 0.245 e. The summed E-state index contributed by atoms with van der Waals surface area (Å²) in [6.07, 6.45) is 10.8. The monoisotopic (exact) mass is 658 g/mol. The van der Waals surface area contributed by atoms with Crippen molar-refractivity contribution in [3.63, 3.8) is 0 Å². The van der Waals surface area contributed by atoms with E-state index in [0.29, 0.717) is 42.5 Å². The largest absolute Gasteiger partial charge is 0.423 e. The molecule has 45 heavy (non-hydrogen) atoms. The molecule has 0 radical (unpaired) electrons. The van der Waals surface area contributed by atoms with E-state index in [2.05, 4.69) is 45.0 Å². The average Bonchev–Trinajstić information content (AvgIpc) is 3.65. The van der Waals surface area contributed by atoms with Gasteiger partial charge >= 0.3 is 0 Å². The lowest BCUT2D eigenvalue weighted by Crippen LogP contribution is -2.61. The second-order valence-corrected chi connectivity index (χ2v) is 14.7. The standard InChI is InChI=1S/C32H37Cl2FN6O4/c1-16-40-41-28(45-16)22-7-5-18(15-44-22)37-27(42)25-23(19-8-13-36-26(34)24(19)35)32(31(39-25)11-9-30(2,3)10-12-31)20-6-4-17(33)14-21(20)38-29(32)43/h4,6,8,13-14,18,20-23,25,39H,5,7,9-12,15H2,1-3H3,(H,37,42)(H,38,43)/t18-,20?,21?,22+,23+,25-,32-/m1/s1. The van der Waals surface area contributed by atoms with Crippen LogP contribution in [0.1, 0.15) is 81.7 Å². The van der Waals surface area contributed by atoms with Crippen molar-refractivity contribution in [3.8, 4) is 0 Å². The Balaban J connectivity index is 1.28. The third kappa shape index (κ3) is 4.92. The maximum atomic E-state index is 16.1. The van der Waals surface area contributed by atoms with Gasteiger partial charge in [0, 0.05) is 35.5 Å². The van der Waals surface area contributed by atoms with E-state index in [-0.39, 0.29) is 52.6 Å². The van der Waals surface area contributed by atoms with Crippen LogP contribution in [0.4, 0.5) is 4.39 Å². The van der Waals surface area contributed by atoms with Crippen molar-refractivity contribution in [1.29, 1.82) is 0 Å². The summed E-state index contributed by atoms with van der Waals surface area (Å²) in [4.78, 5) is 33.0. The summed E-state index contributed by atoms with van der Waals surface area (Å²) in [7, 11) is 0. The van der Waals surface area contributed by atoms with Gasteiger partial charge in [0.25, 0.3) is 0 Å². The van der Waals surface area contributed by atoms with Gasteiger partial charge in [0.1, 0.15) is 6.10 Å². The number of nitrogens with zero attached hydrogens (tertiary/aromatic N) is 3. The number of halogens is 3. The highest BCUT2D eigenvalue weighted by atomic mass is 35.5. The molecule has 240 valence electrons. The van der Waals surface area contributed by atoms with Gasteiger partial charge in [-0.3, -0.25) is 14.9 Å². The molecule has 1 saturated carbocycles. The molecule has 7 rings (SSSR count). The predicted molar refractivity (Wildman–Crippen MR) is 164 cm³/mol. The van der Waals surface area contributed by atoms with Crippen LogP contribution >= 0.6 is 23.2 Å². The number of aryl methyl sites for hydroxylation is 1. The first kappa shape index (κ1) is 30.8. The van der Waals surface area contributed by atoms with Gasteiger partial charge in [0.2, 0.25) is 23.6 Å². The molecule has 3 N–H and O–H groups in total. The van der Waals surface area contributed by atoms with Gasteiger partial charge in [0.15, 0.2) is 11.0 Å². The summed E-state index contributed by atoms with van der Waals surface area (Å²) >= 11 is 12.7. The van der Waals surface area contributed by atoms with Gasteiger partial charge in [-0.25, -0.2) is 9.37 Å². The number of aromatic nitrogens is 3. The zero-order valence-corrected chi connectivity index (χ0v) is 26.9. The number of fused-ring (bicyclic) bond motifs is 3. The van der Waals surface area contributed by atoms with E-state index in [1.165, 1.54) is 6.20 Å². The van der Waals surface area contributed by atoms with Gasteiger partial charge in [0.05, 0.1) is 30.1 Å². The molecule has 2 unspecified atom stereocenters. The molecule has 3 saturated heterocycles. The summed E-state index contributed by atoms with van der Waals surface area (Å²) in [5.41, 5.74) is -1.76. The Morgan fingerprint density at radius 2 is 1.93 bits per heavy atom. The highest BCUT2D eigenvalue weighted by Gasteiger charge is 2.75. The normalized spacial score (nSPS) is 34.9. The molecule has 4 fully saturated rings. The van der Waals surface area contributed by atoms with E-state index < -0.39 is 34.8 Å². The average molecular weight is 660 g/mol. The van der Waals surface area contributed by atoms with Crippen molar-refractivity contribution in [2.45, 2.75) is 95.0 Å².